The lowest BCUT2D eigenvalue weighted by Gasteiger charge is -2.18. The number of nitrogens with one attached hydrogen (secondary N) is 1. The van der Waals surface area contributed by atoms with Crippen LogP contribution in [0.15, 0.2) is 54.7 Å². The topological polar surface area (TPSA) is 47.6 Å². The summed E-state index contributed by atoms with van der Waals surface area (Å²) in [5, 5.41) is 3.07. The maximum absolute atomic E-state index is 12.0. The molecule has 0 atom stereocenters. The van der Waals surface area contributed by atoms with E-state index in [-0.39, 0.29) is 5.78 Å². The molecule has 1 aliphatic rings. The van der Waals surface area contributed by atoms with Gasteiger partial charge >= 0.3 is 0 Å². The van der Waals surface area contributed by atoms with E-state index in [4.69, 9.17) is 9.47 Å². The Kier molecular flexibility index (Phi) is 4.10. The zero-order chi connectivity index (χ0) is 15.4. The van der Waals surface area contributed by atoms with E-state index in [0.717, 1.165) is 22.7 Å². The van der Waals surface area contributed by atoms with Crippen LogP contribution in [0, 0.1) is 6.92 Å². The molecule has 0 saturated heterocycles. The zero-order valence-corrected chi connectivity index (χ0v) is 12.3. The van der Waals surface area contributed by atoms with Crippen molar-refractivity contribution in [3.63, 3.8) is 0 Å². The Morgan fingerprint density at radius 3 is 2.73 bits per heavy atom. The molecule has 0 aliphatic carbocycles. The highest BCUT2D eigenvalue weighted by atomic mass is 16.6. The van der Waals surface area contributed by atoms with E-state index >= 15 is 0 Å². The predicted molar refractivity (Wildman–Crippen MR) is 85.7 cm³/mol. The number of carbonyl (C=O) groups excluding carboxylic acids is 1. The van der Waals surface area contributed by atoms with Gasteiger partial charge in [0.2, 0.25) is 0 Å². The molecule has 0 unspecified atom stereocenters. The summed E-state index contributed by atoms with van der Waals surface area (Å²) in [7, 11) is 0. The highest BCUT2D eigenvalue weighted by molar-refractivity contribution is 6.04. The van der Waals surface area contributed by atoms with Gasteiger partial charge in [0.25, 0.3) is 0 Å². The van der Waals surface area contributed by atoms with E-state index in [0.29, 0.717) is 18.8 Å². The number of ketones is 1. The van der Waals surface area contributed by atoms with Crippen molar-refractivity contribution in [2.45, 2.75) is 6.92 Å². The van der Waals surface area contributed by atoms with Crippen LogP contribution in [-0.4, -0.2) is 19.0 Å². The Morgan fingerprint density at radius 2 is 1.91 bits per heavy atom. The lowest BCUT2D eigenvalue weighted by atomic mass is 10.1. The fourth-order valence-corrected chi connectivity index (χ4v) is 2.24. The summed E-state index contributed by atoms with van der Waals surface area (Å²) in [5.41, 5.74) is 2.59. The first-order valence-corrected chi connectivity index (χ1v) is 7.16. The first-order valence-electron chi connectivity index (χ1n) is 7.16. The van der Waals surface area contributed by atoms with Gasteiger partial charge < -0.3 is 14.8 Å². The monoisotopic (exact) mass is 295 g/mol. The fourth-order valence-electron chi connectivity index (χ4n) is 2.24. The van der Waals surface area contributed by atoms with Crippen molar-refractivity contribution in [2.24, 2.45) is 0 Å². The Hall–Kier alpha value is -2.75. The summed E-state index contributed by atoms with van der Waals surface area (Å²) in [6.45, 7) is 3.09. The van der Waals surface area contributed by atoms with Crippen molar-refractivity contribution in [1.29, 1.82) is 0 Å². The molecule has 1 aliphatic heterocycles. The quantitative estimate of drug-likeness (QED) is 0.692. The maximum Gasteiger partial charge on any atom is 0.187 e. The van der Waals surface area contributed by atoms with Crippen LogP contribution in [0.5, 0.6) is 11.5 Å². The van der Waals surface area contributed by atoms with Crippen molar-refractivity contribution >= 4 is 11.5 Å². The molecule has 0 amide bonds. The average Bonchev–Trinajstić information content (AvgIpc) is 2.54. The van der Waals surface area contributed by atoms with E-state index in [1.807, 2.05) is 49.4 Å². The molecular formula is C18H17NO3. The number of hydrogen-bond acceptors (Lipinski definition) is 4. The third-order valence-electron chi connectivity index (χ3n) is 3.33. The number of rotatable bonds is 4. The second kappa shape index (κ2) is 6.35. The Bertz CT molecular complexity index is 722. The second-order valence-corrected chi connectivity index (χ2v) is 5.07. The molecule has 22 heavy (non-hydrogen) atoms. The van der Waals surface area contributed by atoms with Gasteiger partial charge in [-0.2, -0.15) is 0 Å². The largest absolute Gasteiger partial charge is 0.486 e. The molecule has 0 spiro atoms. The second-order valence-electron chi connectivity index (χ2n) is 5.07. The minimum atomic E-state index is -0.0336. The fraction of sp³-hybridized carbons (Fsp3) is 0.167. The van der Waals surface area contributed by atoms with Crippen LogP contribution in [0.2, 0.25) is 0 Å². The van der Waals surface area contributed by atoms with Crippen molar-refractivity contribution in [1.82, 2.24) is 0 Å². The summed E-state index contributed by atoms with van der Waals surface area (Å²) in [5.74, 6) is 1.43. The lowest BCUT2D eigenvalue weighted by molar-refractivity contribution is 0.104. The molecule has 1 N–H and O–H groups in total. The number of fused-ring (bicyclic) bond motifs is 1. The lowest BCUT2D eigenvalue weighted by Crippen LogP contribution is -2.15. The van der Waals surface area contributed by atoms with Gasteiger partial charge in [-0.1, -0.05) is 23.8 Å². The number of anilines is 1. The predicted octanol–water partition coefficient (Wildman–Crippen LogP) is 3.57. The van der Waals surface area contributed by atoms with E-state index in [2.05, 4.69) is 5.32 Å². The molecule has 0 radical (unpaired) electrons. The SMILES string of the molecule is Cc1cccc(C(=O)C=CNc2ccc3c(c2)OCCO3)c1. The normalized spacial score (nSPS) is 13.1. The van der Waals surface area contributed by atoms with Crippen molar-refractivity contribution in [3.05, 3.63) is 65.9 Å². The molecule has 2 aromatic carbocycles. The number of carbonyl (C=O) groups is 1. The number of benzene rings is 2. The molecule has 0 aromatic heterocycles. The number of allylic oxidation sites excluding steroid dienone is 1. The van der Waals surface area contributed by atoms with Crippen molar-refractivity contribution in [3.8, 4) is 11.5 Å². The third kappa shape index (κ3) is 3.28. The summed E-state index contributed by atoms with van der Waals surface area (Å²) in [6, 6.07) is 13.1. The van der Waals surface area contributed by atoms with E-state index in [9.17, 15) is 4.79 Å². The number of ether oxygens (including phenoxy) is 2. The molecule has 112 valence electrons. The molecule has 0 saturated carbocycles. The smallest absolute Gasteiger partial charge is 0.187 e. The molecule has 0 bridgehead atoms. The van der Waals surface area contributed by atoms with Gasteiger partial charge in [0, 0.05) is 29.6 Å². The van der Waals surface area contributed by atoms with Crippen LogP contribution in [0.3, 0.4) is 0 Å². The molecule has 3 rings (SSSR count). The van der Waals surface area contributed by atoms with Crippen LogP contribution < -0.4 is 14.8 Å². The minimum absolute atomic E-state index is 0.0336. The van der Waals surface area contributed by atoms with Gasteiger partial charge in [-0.15, -0.1) is 0 Å². The average molecular weight is 295 g/mol. The summed E-state index contributed by atoms with van der Waals surface area (Å²) in [6.07, 6.45) is 3.15. The number of aryl methyl sites for hydroxylation is 1. The van der Waals surface area contributed by atoms with Crippen LogP contribution >= 0.6 is 0 Å². The Labute approximate surface area is 129 Å². The van der Waals surface area contributed by atoms with Crippen LogP contribution in [0.25, 0.3) is 0 Å². The highest BCUT2D eigenvalue weighted by Gasteiger charge is 2.11. The van der Waals surface area contributed by atoms with Crippen LogP contribution in [-0.2, 0) is 0 Å². The van der Waals surface area contributed by atoms with E-state index < -0.39 is 0 Å². The molecular weight excluding hydrogens is 278 g/mol. The summed E-state index contributed by atoms with van der Waals surface area (Å²) >= 11 is 0. The van der Waals surface area contributed by atoms with Crippen molar-refractivity contribution < 1.29 is 14.3 Å². The van der Waals surface area contributed by atoms with Gasteiger partial charge in [0.15, 0.2) is 17.3 Å². The van der Waals surface area contributed by atoms with Gasteiger partial charge in [0.1, 0.15) is 13.2 Å². The van der Waals surface area contributed by atoms with E-state index in [1.54, 1.807) is 6.20 Å². The van der Waals surface area contributed by atoms with Gasteiger partial charge in [-0.05, 0) is 25.1 Å². The minimum Gasteiger partial charge on any atom is -0.486 e. The molecule has 4 nitrogen and oxygen atoms in total. The standard InChI is InChI=1S/C18H17NO3/c1-13-3-2-4-14(11-13)16(20)7-8-19-15-5-6-17-18(12-15)22-10-9-21-17/h2-8,11-12,19H,9-10H2,1H3. The van der Waals surface area contributed by atoms with Crippen LogP contribution in [0.1, 0.15) is 15.9 Å². The van der Waals surface area contributed by atoms with Gasteiger partial charge in [-0.25, -0.2) is 0 Å². The maximum atomic E-state index is 12.0. The number of hydrogen-bond donors (Lipinski definition) is 1. The molecule has 4 heteroatoms. The highest BCUT2D eigenvalue weighted by Crippen LogP contribution is 2.32. The molecule has 0 fully saturated rings. The Balaban J connectivity index is 1.65. The zero-order valence-electron chi connectivity index (χ0n) is 12.3. The van der Waals surface area contributed by atoms with Crippen LogP contribution in [0.4, 0.5) is 5.69 Å². The van der Waals surface area contributed by atoms with Gasteiger partial charge in [0.05, 0.1) is 0 Å². The molecule has 2 aromatic rings. The first kappa shape index (κ1) is 14.2. The van der Waals surface area contributed by atoms with E-state index in [1.165, 1.54) is 6.08 Å². The summed E-state index contributed by atoms with van der Waals surface area (Å²) < 4.78 is 11.0. The third-order valence-corrected chi connectivity index (χ3v) is 3.33. The molecule has 1 heterocycles. The van der Waals surface area contributed by atoms with Gasteiger partial charge in [-0.3, -0.25) is 4.79 Å². The summed E-state index contributed by atoms with van der Waals surface area (Å²) in [4.78, 5) is 12.0. The Morgan fingerprint density at radius 1 is 1.09 bits per heavy atom. The first-order chi connectivity index (χ1) is 10.7. The van der Waals surface area contributed by atoms with Crippen molar-refractivity contribution in [2.75, 3.05) is 18.5 Å².